The number of H-pyrrole nitrogens is 2. The fourth-order valence-corrected chi connectivity index (χ4v) is 4.07. The van der Waals surface area contributed by atoms with Gasteiger partial charge in [0.2, 0.25) is 0 Å². The first-order chi connectivity index (χ1) is 15.2. The number of hydrogen-bond acceptors (Lipinski definition) is 3. The van der Waals surface area contributed by atoms with E-state index in [0.29, 0.717) is 0 Å². The summed E-state index contributed by atoms with van der Waals surface area (Å²) in [6, 6.07) is 14.5. The van der Waals surface area contributed by atoms with E-state index in [9.17, 15) is 0 Å². The average Bonchev–Trinajstić information content (AvgIpc) is 3.55. The maximum Gasteiger partial charge on any atom is 0.0737 e. The Morgan fingerprint density at radius 1 is 0.710 bits per heavy atom. The van der Waals surface area contributed by atoms with Crippen LogP contribution in [-0.2, 0) is 0 Å². The van der Waals surface area contributed by atoms with Crippen molar-refractivity contribution in [2.75, 3.05) is 13.6 Å². The van der Waals surface area contributed by atoms with E-state index in [1.165, 1.54) is 0 Å². The molecule has 0 aliphatic carbocycles. The molecule has 0 fully saturated rings. The number of nitrogens with one attached hydrogen (secondary N) is 2. The van der Waals surface area contributed by atoms with Crippen molar-refractivity contribution >= 4 is 51.9 Å². The van der Waals surface area contributed by atoms with Crippen LogP contribution in [0.25, 0.3) is 51.9 Å². The minimum atomic E-state index is 0.863. The molecular weight excluding hydrogens is 382 g/mol. The van der Waals surface area contributed by atoms with E-state index in [2.05, 4.69) is 107 Å². The lowest BCUT2D eigenvalue weighted by molar-refractivity contribution is 0.506. The molecule has 6 rings (SSSR count). The van der Waals surface area contributed by atoms with Gasteiger partial charge in [-0.05, 0) is 84.6 Å². The second-order valence-corrected chi connectivity index (χ2v) is 7.97. The predicted molar refractivity (Wildman–Crippen MR) is 129 cm³/mol. The van der Waals surface area contributed by atoms with Gasteiger partial charge in [-0.15, -0.1) is 0 Å². The Balaban J connectivity index is 1.68. The molecule has 0 radical (unpaired) electrons. The monoisotopic (exact) mass is 403 g/mol. The van der Waals surface area contributed by atoms with E-state index >= 15 is 0 Å². The van der Waals surface area contributed by atoms with Crippen LogP contribution in [0, 0.1) is 0 Å². The number of aromatic amines is 2. The van der Waals surface area contributed by atoms with Crippen LogP contribution in [0.2, 0.25) is 0 Å². The van der Waals surface area contributed by atoms with Gasteiger partial charge in [0.15, 0.2) is 0 Å². The fraction of sp³-hybridized carbons (Fsp3) is 0.0769. The molecule has 5 heteroatoms. The quantitative estimate of drug-likeness (QED) is 0.389. The maximum atomic E-state index is 4.93. The van der Waals surface area contributed by atoms with E-state index in [-0.39, 0.29) is 0 Å². The van der Waals surface area contributed by atoms with Crippen LogP contribution in [-0.4, -0.2) is 38.4 Å². The zero-order chi connectivity index (χ0) is 20.8. The molecule has 3 aliphatic heterocycles. The summed E-state index contributed by atoms with van der Waals surface area (Å²) in [6.45, 7) is 0.863. The highest BCUT2D eigenvalue weighted by Crippen LogP contribution is 2.29. The number of aromatic nitrogens is 4. The third-order valence-electron chi connectivity index (χ3n) is 5.61. The van der Waals surface area contributed by atoms with Crippen molar-refractivity contribution in [2.45, 2.75) is 0 Å². The first kappa shape index (κ1) is 17.7. The second-order valence-electron chi connectivity index (χ2n) is 7.97. The third kappa shape index (κ3) is 3.40. The van der Waals surface area contributed by atoms with Crippen molar-refractivity contribution in [3.63, 3.8) is 0 Å². The molecule has 0 unspecified atom stereocenters. The van der Waals surface area contributed by atoms with Gasteiger partial charge in [0.05, 0.1) is 22.8 Å². The minimum Gasteiger partial charge on any atom is -0.377 e. The van der Waals surface area contributed by atoms with Crippen LogP contribution < -0.4 is 0 Å². The lowest BCUT2D eigenvalue weighted by Crippen LogP contribution is -2.13. The molecule has 3 aromatic rings. The second kappa shape index (κ2) is 6.99. The Hall–Kier alpha value is -4.12. The lowest BCUT2D eigenvalue weighted by atomic mass is 10.0. The van der Waals surface area contributed by atoms with Gasteiger partial charge in [-0.2, -0.15) is 0 Å². The Bertz CT molecular complexity index is 1380. The highest BCUT2D eigenvalue weighted by atomic mass is 15.1. The van der Waals surface area contributed by atoms with Gasteiger partial charge in [0, 0.05) is 41.2 Å². The zero-order valence-electron chi connectivity index (χ0n) is 17.1. The zero-order valence-corrected chi connectivity index (χ0v) is 17.1. The molecule has 5 nitrogen and oxygen atoms in total. The van der Waals surface area contributed by atoms with Crippen molar-refractivity contribution < 1.29 is 0 Å². The Morgan fingerprint density at radius 2 is 1.26 bits per heavy atom. The lowest BCUT2D eigenvalue weighted by Gasteiger charge is -2.18. The Morgan fingerprint density at radius 3 is 1.77 bits per heavy atom. The fourth-order valence-electron chi connectivity index (χ4n) is 4.07. The van der Waals surface area contributed by atoms with Crippen molar-refractivity contribution in [3.8, 4) is 0 Å². The molecule has 0 saturated heterocycles. The molecule has 150 valence electrons. The minimum absolute atomic E-state index is 0.863. The highest BCUT2D eigenvalue weighted by Gasteiger charge is 2.16. The van der Waals surface area contributed by atoms with Gasteiger partial charge in [-0.25, -0.2) is 9.97 Å². The standard InChI is InChI=1S/C26H21N5/c1-31-12-10-17(11-13-31)26-24-8-6-22(29-24)15-20-4-2-18(27-20)14-19-3-5-21(28-19)16-23-7-9-25(26)30-23/h2-12,14-16,27-28H,13H2,1H3. The summed E-state index contributed by atoms with van der Waals surface area (Å²) >= 11 is 0. The maximum absolute atomic E-state index is 4.93. The predicted octanol–water partition coefficient (Wildman–Crippen LogP) is 5.50. The molecule has 8 bridgehead atoms. The van der Waals surface area contributed by atoms with Gasteiger partial charge in [0.25, 0.3) is 0 Å². The van der Waals surface area contributed by atoms with E-state index in [0.717, 1.165) is 62.5 Å². The van der Waals surface area contributed by atoms with Crippen LogP contribution >= 0.6 is 0 Å². The first-order valence-corrected chi connectivity index (χ1v) is 10.4. The van der Waals surface area contributed by atoms with Crippen LogP contribution in [0.4, 0.5) is 0 Å². The molecule has 0 saturated carbocycles. The number of hydrogen-bond donors (Lipinski definition) is 2. The SMILES string of the molecule is CN1C=CC(c2c3nc(cc4ccc(cc5ccc(cc6nc2C=C6)[nH]5)[nH]4)C=C3)=CC1. The molecule has 0 amide bonds. The highest BCUT2D eigenvalue weighted by molar-refractivity contribution is 5.90. The van der Waals surface area contributed by atoms with Crippen molar-refractivity contribution in [3.05, 3.63) is 89.2 Å². The van der Waals surface area contributed by atoms with E-state index < -0.39 is 0 Å². The van der Waals surface area contributed by atoms with Crippen molar-refractivity contribution in [1.29, 1.82) is 0 Å². The smallest absolute Gasteiger partial charge is 0.0737 e. The molecule has 2 N–H and O–H groups in total. The van der Waals surface area contributed by atoms with Crippen molar-refractivity contribution in [2.24, 2.45) is 0 Å². The number of fused-ring (bicyclic) bond motifs is 8. The van der Waals surface area contributed by atoms with E-state index in [1.807, 2.05) is 0 Å². The summed E-state index contributed by atoms with van der Waals surface area (Å²) < 4.78 is 0. The summed E-state index contributed by atoms with van der Waals surface area (Å²) in [4.78, 5) is 18.9. The number of likely N-dealkylation sites (N-methyl/N-ethyl adjacent to an activating group) is 1. The molecule has 3 aromatic heterocycles. The molecule has 0 aromatic carbocycles. The van der Waals surface area contributed by atoms with Gasteiger partial charge in [-0.3, -0.25) is 0 Å². The van der Waals surface area contributed by atoms with E-state index in [4.69, 9.17) is 9.97 Å². The first-order valence-electron chi connectivity index (χ1n) is 10.4. The Labute approximate surface area is 179 Å². The van der Waals surface area contributed by atoms with Gasteiger partial charge >= 0.3 is 0 Å². The summed E-state index contributed by atoms with van der Waals surface area (Å²) in [7, 11) is 2.07. The third-order valence-corrected chi connectivity index (χ3v) is 5.61. The summed E-state index contributed by atoms with van der Waals surface area (Å²) in [5.41, 5.74) is 10.0. The summed E-state index contributed by atoms with van der Waals surface area (Å²) in [5, 5.41) is 0. The van der Waals surface area contributed by atoms with Crippen LogP contribution in [0.15, 0.2) is 60.8 Å². The topological polar surface area (TPSA) is 60.6 Å². The van der Waals surface area contributed by atoms with Crippen LogP contribution in [0.5, 0.6) is 0 Å². The van der Waals surface area contributed by atoms with Crippen LogP contribution in [0.3, 0.4) is 0 Å². The number of nitrogens with zero attached hydrogens (tertiary/aromatic N) is 3. The Kier molecular flexibility index (Phi) is 3.99. The molecule has 3 aliphatic rings. The number of allylic oxidation sites excluding steroid dienone is 2. The molecule has 0 atom stereocenters. The van der Waals surface area contributed by atoms with Gasteiger partial charge < -0.3 is 14.9 Å². The molecular formula is C26H21N5. The van der Waals surface area contributed by atoms with Gasteiger partial charge in [-0.1, -0.05) is 6.08 Å². The molecule has 6 heterocycles. The normalized spacial score (nSPS) is 14.9. The largest absolute Gasteiger partial charge is 0.377 e. The molecule has 0 spiro atoms. The molecule has 31 heavy (non-hydrogen) atoms. The summed E-state index contributed by atoms with van der Waals surface area (Å²) in [5.74, 6) is 0. The number of rotatable bonds is 1. The van der Waals surface area contributed by atoms with E-state index in [1.54, 1.807) is 0 Å². The van der Waals surface area contributed by atoms with Crippen LogP contribution in [0.1, 0.15) is 28.3 Å². The van der Waals surface area contributed by atoms with Crippen molar-refractivity contribution in [1.82, 2.24) is 24.8 Å². The average molecular weight is 403 g/mol. The summed E-state index contributed by atoms with van der Waals surface area (Å²) in [6.07, 6.45) is 14.7. The van der Waals surface area contributed by atoms with Gasteiger partial charge in [0.1, 0.15) is 0 Å².